The van der Waals surface area contributed by atoms with E-state index in [1.54, 1.807) is 41.2 Å². The summed E-state index contributed by atoms with van der Waals surface area (Å²) in [6, 6.07) is 8.68. The maximum atomic E-state index is 13.7. The fourth-order valence-corrected chi connectivity index (χ4v) is 2.24. The number of carbonyl (C=O) groups is 1. The molecule has 0 radical (unpaired) electrons. The number of halogens is 1. The van der Waals surface area contributed by atoms with Crippen molar-refractivity contribution in [2.24, 2.45) is 0 Å². The van der Waals surface area contributed by atoms with Crippen molar-refractivity contribution in [3.05, 3.63) is 84.5 Å². The van der Waals surface area contributed by atoms with Gasteiger partial charge in [0.05, 0.1) is 18.2 Å². The van der Waals surface area contributed by atoms with Crippen molar-refractivity contribution < 1.29 is 13.9 Å². The second-order valence-electron chi connectivity index (χ2n) is 4.86. The Bertz CT molecular complexity index is 868. The van der Waals surface area contributed by atoms with Crippen LogP contribution in [-0.2, 0) is 4.74 Å². The number of esters is 1. The first kappa shape index (κ1) is 17.0. The highest BCUT2D eigenvalue weighted by atomic mass is 19.1. The van der Waals surface area contributed by atoms with Gasteiger partial charge in [0.1, 0.15) is 11.9 Å². The Morgan fingerprint density at radius 2 is 2.00 bits per heavy atom. The van der Waals surface area contributed by atoms with Gasteiger partial charge >= 0.3 is 5.97 Å². The number of ether oxygens (including phenoxy) is 1. The molecule has 24 heavy (non-hydrogen) atoms. The first-order valence-electron chi connectivity index (χ1n) is 7.00. The molecule has 2 rings (SSSR count). The number of benzene rings is 1. The van der Waals surface area contributed by atoms with Gasteiger partial charge in [0.15, 0.2) is 0 Å². The van der Waals surface area contributed by atoms with E-state index in [2.05, 4.69) is 17.9 Å². The van der Waals surface area contributed by atoms with Crippen LogP contribution in [0.5, 0.6) is 0 Å². The Balaban J connectivity index is 2.49. The summed E-state index contributed by atoms with van der Waals surface area (Å²) in [6.45, 7) is 6.84. The first-order valence-corrected chi connectivity index (χ1v) is 7.00. The molecule has 0 aliphatic heterocycles. The number of allylic oxidation sites excluding steroid dienone is 4. The summed E-state index contributed by atoms with van der Waals surface area (Å²) in [6.07, 6.45) is 6.11. The maximum Gasteiger partial charge on any atom is 0.337 e. The third-order valence-corrected chi connectivity index (χ3v) is 3.40. The minimum Gasteiger partial charge on any atom is -0.465 e. The lowest BCUT2D eigenvalue weighted by atomic mass is 10.0. The van der Waals surface area contributed by atoms with Crippen LogP contribution < -0.4 is 0 Å². The van der Waals surface area contributed by atoms with Gasteiger partial charge in [-0.25, -0.2) is 9.18 Å². The molecule has 0 aliphatic carbocycles. The zero-order valence-corrected chi connectivity index (χ0v) is 13.1. The molecule has 1 heterocycles. The van der Waals surface area contributed by atoms with Crippen LogP contribution >= 0.6 is 0 Å². The molecular weight excluding hydrogens is 307 g/mol. The zero-order chi connectivity index (χ0) is 17.7. The van der Waals surface area contributed by atoms with Gasteiger partial charge in [-0.1, -0.05) is 25.3 Å². The zero-order valence-electron chi connectivity index (χ0n) is 13.1. The van der Waals surface area contributed by atoms with Crippen molar-refractivity contribution in [1.29, 1.82) is 5.26 Å². The van der Waals surface area contributed by atoms with Crippen LogP contribution in [-0.4, -0.2) is 17.6 Å². The van der Waals surface area contributed by atoms with Gasteiger partial charge in [0.2, 0.25) is 0 Å². The van der Waals surface area contributed by atoms with E-state index in [1.165, 1.54) is 19.3 Å². The third kappa shape index (κ3) is 3.33. The molecule has 0 saturated heterocycles. The first-order chi connectivity index (χ1) is 11.5. The van der Waals surface area contributed by atoms with Crippen molar-refractivity contribution >= 4 is 11.5 Å². The lowest BCUT2D eigenvalue weighted by molar-refractivity contribution is 0.0600. The summed E-state index contributed by atoms with van der Waals surface area (Å²) in [5.74, 6) is -1.08. The van der Waals surface area contributed by atoms with Gasteiger partial charge in [0, 0.05) is 29.2 Å². The number of hydrogen-bond donors (Lipinski definition) is 0. The lowest BCUT2D eigenvalue weighted by Crippen LogP contribution is -2.01. The van der Waals surface area contributed by atoms with Crippen LogP contribution in [0.2, 0.25) is 0 Å². The Hall–Kier alpha value is -3.39. The summed E-state index contributed by atoms with van der Waals surface area (Å²) in [4.78, 5) is 11.5. The van der Waals surface area contributed by atoms with Gasteiger partial charge < -0.3 is 9.30 Å². The quantitative estimate of drug-likeness (QED) is 0.613. The maximum absolute atomic E-state index is 13.7. The van der Waals surface area contributed by atoms with E-state index in [-0.39, 0.29) is 5.57 Å². The summed E-state index contributed by atoms with van der Waals surface area (Å²) >= 11 is 0. The molecule has 5 heteroatoms. The van der Waals surface area contributed by atoms with E-state index in [1.807, 2.05) is 6.07 Å². The van der Waals surface area contributed by atoms with Gasteiger partial charge in [-0.2, -0.15) is 5.26 Å². The van der Waals surface area contributed by atoms with Crippen LogP contribution in [0.15, 0.2) is 67.8 Å². The van der Waals surface area contributed by atoms with E-state index in [9.17, 15) is 14.4 Å². The number of hydrogen-bond acceptors (Lipinski definition) is 3. The predicted molar refractivity (Wildman–Crippen MR) is 90.2 cm³/mol. The predicted octanol–water partition coefficient (Wildman–Crippen LogP) is 4.19. The van der Waals surface area contributed by atoms with Crippen LogP contribution in [0, 0.1) is 11.3 Å². The van der Waals surface area contributed by atoms with Crippen molar-refractivity contribution in [3.8, 4) is 11.8 Å². The van der Waals surface area contributed by atoms with Crippen molar-refractivity contribution in [2.75, 3.05) is 7.11 Å². The Morgan fingerprint density at radius 3 is 2.50 bits per heavy atom. The highest BCUT2D eigenvalue weighted by Gasteiger charge is 2.14. The Morgan fingerprint density at radius 1 is 1.33 bits per heavy atom. The molecule has 0 fully saturated rings. The summed E-state index contributed by atoms with van der Waals surface area (Å²) in [5, 5.41) is 9.30. The van der Waals surface area contributed by atoms with Crippen LogP contribution in [0.1, 0.15) is 21.5 Å². The van der Waals surface area contributed by atoms with Crippen LogP contribution in [0.3, 0.4) is 0 Å². The van der Waals surface area contributed by atoms with Crippen molar-refractivity contribution in [3.63, 3.8) is 0 Å². The molecule has 0 aliphatic rings. The molecule has 1 aromatic heterocycles. The number of nitrogens with zero attached hydrogens (tertiary/aromatic N) is 2. The third-order valence-electron chi connectivity index (χ3n) is 3.40. The number of aromatic nitrogens is 1. The number of nitriles is 1. The second kappa shape index (κ2) is 7.25. The van der Waals surface area contributed by atoms with Gasteiger partial charge in [0.25, 0.3) is 0 Å². The average molecular weight is 322 g/mol. The molecule has 2 aromatic rings. The molecular formula is C19H15FN2O2. The molecule has 0 bridgehead atoms. The highest BCUT2D eigenvalue weighted by molar-refractivity contribution is 5.89. The number of carbonyl (C=O) groups excluding carboxylic acids is 1. The molecule has 1 aromatic carbocycles. The molecule has 0 saturated carbocycles. The molecule has 0 unspecified atom stereocenters. The fourth-order valence-electron chi connectivity index (χ4n) is 2.24. The molecule has 4 nitrogen and oxygen atoms in total. The molecule has 0 amide bonds. The second-order valence-corrected chi connectivity index (χ2v) is 4.86. The van der Waals surface area contributed by atoms with Crippen LogP contribution in [0.4, 0.5) is 4.39 Å². The molecule has 0 N–H and O–H groups in total. The standard InChI is InChI=1S/C19H15FN2O2/c1-4-5-17(13(2)20)18-12-22(11-15(18)10-21)16-8-6-14(7-9-16)19(23)24-3/h4-9,11-12H,1-2H2,3H3/b17-5+. The van der Waals surface area contributed by atoms with Gasteiger partial charge in [-0.05, 0) is 24.3 Å². The number of rotatable bonds is 5. The average Bonchev–Trinajstić information content (AvgIpc) is 3.02. The summed E-state index contributed by atoms with van der Waals surface area (Å²) in [5.41, 5.74) is 2.05. The molecule has 0 atom stereocenters. The van der Waals surface area contributed by atoms with E-state index in [0.717, 1.165) is 0 Å². The highest BCUT2D eigenvalue weighted by Crippen LogP contribution is 2.28. The Kier molecular flexibility index (Phi) is 5.13. The number of methoxy groups -OCH3 is 1. The minimum absolute atomic E-state index is 0.200. The normalized spacial score (nSPS) is 10.8. The minimum atomic E-state index is -0.648. The SMILES string of the molecule is C=C/C=C(\C(=C)F)c1cn(-c2ccc(C(=O)OC)cc2)cc1C#N. The molecule has 0 spiro atoms. The summed E-state index contributed by atoms with van der Waals surface area (Å²) in [7, 11) is 1.31. The Labute approximate surface area is 139 Å². The summed E-state index contributed by atoms with van der Waals surface area (Å²) < 4.78 is 20.0. The topological polar surface area (TPSA) is 55.0 Å². The smallest absolute Gasteiger partial charge is 0.337 e. The van der Waals surface area contributed by atoms with E-state index < -0.39 is 11.8 Å². The van der Waals surface area contributed by atoms with Crippen molar-refractivity contribution in [2.45, 2.75) is 0 Å². The lowest BCUT2D eigenvalue weighted by Gasteiger charge is -2.04. The van der Waals surface area contributed by atoms with E-state index in [4.69, 9.17) is 0 Å². The van der Waals surface area contributed by atoms with E-state index >= 15 is 0 Å². The van der Waals surface area contributed by atoms with E-state index in [0.29, 0.717) is 22.4 Å². The van der Waals surface area contributed by atoms with Gasteiger partial charge in [-0.15, -0.1) is 0 Å². The van der Waals surface area contributed by atoms with Gasteiger partial charge in [-0.3, -0.25) is 0 Å². The largest absolute Gasteiger partial charge is 0.465 e. The fraction of sp³-hybridized carbons (Fsp3) is 0.0526. The van der Waals surface area contributed by atoms with Crippen molar-refractivity contribution in [1.82, 2.24) is 4.57 Å². The monoisotopic (exact) mass is 322 g/mol. The van der Waals surface area contributed by atoms with Crippen LogP contribution in [0.25, 0.3) is 11.3 Å². The molecule has 120 valence electrons.